The van der Waals surface area contributed by atoms with Gasteiger partial charge in [-0.15, -0.1) is 0 Å². The standard InChI is InChI=1S/C17H16N4O3/c1-10-6-5-9-18-14(10)15(22)20-12-7-3-4-8-13(12)21-16(23)11(2)19-17(21)24/h3-9,11H,1-2H3,(H,19,24)(H,20,22). The van der Waals surface area contributed by atoms with E-state index in [-0.39, 0.29) is 11.6 Å². The number of nitrogens with one attached hydrogen (secondary N) is 2. The molecule has 1 atom stereocenters. The molecule has 1 fully saturated rings. The van der Waals surface area contributed by atoms with Crippen LogP contribution in [0.5, 0.6) is 0 Å². The van der Waals surface area contributed by atoms with Crippen molar-refractivity contribution in [2.75, 3.05) is 10.2 Å². The van der Waals surface area contributed by atoms with E-state index in [1.165, 1.54) is 6.20 Å². The molecule has 0 radical (unpaired) electrons. The van der Waals surface area contributed by atoms with Crippen LogP contribution in [0.25, 0.3) is 0 Å². The summed E-state index contributed by atoms with van der Waals surface area (Å²) in [4.78, 5) is 41.8. The SMILES string of the molecule is Cc1cccnc1C(=O)Nc1ccccc1N1C(=O)NC(C)C1=O. The van der Waals surface area contributed by atoms with Gasteiger partial charge in [-0.25, -0.2) is 9.69 Å². The van der Waals surface area contributed by atoms with Gasteiger partial charge in [-0.3, -0.25) is 14.6 Å². The Labute approximate surface area is 138 Å². The number of pyridine rings is 1. The highest BCUT2D eigenvalue weighted by Crippen LogP contribution is 2.28. The van der Waals surface area contributed by atoms with Gasteiger partial charge in [0.1, 0.15) is 11.7 Å². The minimum absolute atomic E-state index is 0.290. The summed E-state index contributed by atoms with van der Waals surface area (Å²) in [6.07, 6.45) is 1.53. The molecular weight excluding hydrogens is 308 g/mol. The Morgan fingerprint density at radius 3 is 2.62 bits per heavy atom. The number of imide groups is 1. The highest BCUT2D eigenvalue weighted by Gasteiger charge is 2.37. The third kappa shape index (κ3) is 2.71. The summed E-state index contributed by atoms with van der Waals surface area (Å²) in [5, 5.41) is 5.27. The monoisotopic (exact) mass is 324 g/mol. The van der Waals surface area contributed by atoms with E-state index in [1.54, 1.807) is 50.2 Å². The Hall–Kier alpha value is -3.22. The first kappa shape index (κ1) is 15.7. The Bertz CT molecular complexity index is 834. The molecule has 122 valence electrons. The van der Waals surface area contributed by atoms with Crippen LogP contribution in [0.3, 0.4) is 0 Å². The molecule has 7 heteroatoms. The fraction of sp³-hybridized carbons (Fsp3) is 0.176. The maximum Gasteiger partial charge on any atom is 0.329 e. The number of hydrogen-bond donors (Lipinski definition) is 2. The van der Waals surface area contributed by atoms with Crippen molar-refractivity contribution in [3.63, 3.8) is 0 Å². The van der Waals surface area contributed by atoms with Crippen molar-refractivity contribution in [1.29, 1.82) is 0 Å². The summed E-state index contributed by atoms with van der Waals surface area (Å²) < 4.78 is 0. The number of nitrogens with zero attached hydrogens (tertiary/aromatic N) is 2. The highest BCUT2D eigenvalue weighted by atomic mass is 16.2. The lowest BCUT2D eigenvalue weighted by molar-refractivity contribution is -0.117. The lowest BCUT2D eigenvalue weighted by Crippen LogP contribution is -2.32. The largest absolute Gasteiger partial charge is 0.329 e. The summed E-state index contributed by atoms with van der Waals surface area (Å²) in [6, 6.07) is 9.07. The van der Waals surface area contributed by atoms with E-state index in [9.17, 15) is 14.4 Å². The topological polar surface area (TPSA) is 91.4 Å². The normalized spacial score (nSPS) is 16.9. The minimum atomic E-state index is -0.598. The van der Waals surface area contributed by atoms with Crippen LogP contribution in [0.15, 0.2) is 42.6 Å². The van der Waals surface area contributed by atoms with Crippen molar-refractivity contribution in [3.05, 3.63) is 53.9 Å². The summed E-state index contributed by atoms with van der Waals surface area (Å²) in [6.45, 7) is 3.39. The first-order valence-electron chi connectivity index (χ1n) is 7.45. The molecule has 1 aliphatic rings. The number of para-hydroxylation sites is 2. The molecule has 2 heterocycles. The zero-order chi connectivity index (χ0) is 17.3. The summed E-state index contributed by atoms with van der Waals surface area (Å²) in [5.74, 6) is -0.767. The van der Waals surface area contributed by atoms with Gasteiger partial charge in [-0.2, -0.15) is 0 Å². The summed E-state index contributed by atoms with van der Waals surface area (Å²) in [5.41, 5.74) is 1.71. The molecule has 1 unspecified atom stereocenters. The summed E-state index contributed by atoms with van der Waals surface area (Å²) >= 11 is 0. The van der Waals surface area contributed by atoms with Crippen LogP contribution in [0.4, 0.5) is 16.2 Å². The number of carbonyl (C=O) groups is 3. The molecule has 0 bridgehead atoms. The molecule has 1 saturated heterocycles. The molecule has 0 saturated carbocycles. The number of anilines is 2. The molecule has 1 aliphatic heterocycles. The molecule has 3 rings (SSSR count). The van der Waals surface area contributed by atoms with Crippen LogP contribution < -0.4 is 15.5 Å². The average molecular weight is 324 g/mol. The van der Waals surface area contributed by atoms with Crippen molar-refractivity contribution in [2.45, 2.75) is 19.9 Å². The van der Waals surface area contributed by atoms with Crippen LogP contribution in [-0.2, 0) is 4.79 Å². The zero-order valence-corrected chi connectivity index (χ0v) is 13.2. The number of amides is 4. The van der Waals surface area contributed by atoms with E-state index in [1.807, 2.05) is 0 Å². The number of carbonyl (C=O) groups excluding carboxylic acids is 3. The van der Waals surface area contributed by atoms with Crippen LogP contribution in [0.2, 0.25) is 0 Å². The second-order valence-corrected chi connectivity index (χ2v) is 5.49. The van der Waals surface area contributed by atoms with Gasteiger partial charge in [0, 0.05) is 6.20 Å². The molecular formula is C17H16N4O3. The van der Waals surface area contributed by atoms with Gasteiger partial charge in [-0.05, 0) is 37.6 Å². The van der Waals surface area contributed by atoms with E-state index in [4.69, 9.17) is 0 Å². The molecule has 2 aromatic rings. The second-order valence-electron chi connectivity index (χ2n) is 5.49. The Morgan fingerprint density at radius 1 is 1.21 bits per heavy atom. The number of benzene rings is 1. The van der Waals surface area contributed by atoms with Gasteiger partial charge in [0.15, 0.2) is 0 Å². The van der Waals surface area contributed by atoms with Crippen molar-refractivity contribution in [3.8, 4) is 0 Å². The lowest BCUT2D eigenvalue weighted by atomic mass is 10.2. The van der Waals surface area contributed by atoms with Crippen LogP contribution in [0.1, 0.15) is 23.0 Å². The van der Waals surface area contributed by atoms with Gasteiger partial charge < -0.3 is 10.6 Å². The molecule has 1 aromatic carbocycles. The third-order valence-electron chi connectivity index (χ3n) is 3.75. The first-order chi connectivity index (χ1) is 11.5. The molecule has 4 amide bonds. The molecule has 1 aromatic heterocycles. The summed E-state index contributed by atoms with van der Waals surface area (Å²) in [7, 11) is 0. The predicted octanol–water partition coefficient (Wildman–Crippen LogP) is 2.09. The third-order valence-corrected chi connectivity index (χ3v) is 3.75. The second kappa shape index (κ2) is 6.11. The van der Waals surface area contributed by atoms with Crippen molar-refractivity contribution in [2.24, 2.45) is 0 Å². The van der Waals surface area contributed by atoms with Crippen molar-refractivity contribution < 1.29 is 14.4 Å². The highest BCUT2D eigenvalue weighted by molar-refractivity contribution is 6.23. The van der Waals surface area contributed by atoms with Crippen LogP contribution in [0, 0.1) is 6.92 Å². The maximum atomic E-state index is 12.5. The van der Waals surface area contributed by atoms with Gasteiger partial charge in [-0.1, -0.05) is 18.2 Å². The fourth-order valence-corrected chi connectivity index (χ4v) is 2.51. The van der Waals surface area contributed by atoms with E-state index < -0.39 is 18.0 Å². The van der Waals surface area contributed by atoms with E-state index in [0.29, 0.717) is 11.4 Å². The number of aromatic nitrogens is 1. The lowest BCUT2D eigenvalue weighted by Gasteiger charge is -2.17. The van der Waals surface area contributed by atoms with Crippen molar-refractivity contribution >= 4 is 29.2 Å². The van der Waals surface area contributed by atoms with E-state index >= 15 is 0 Å². The number of hydrogen-bond acceptors (Lipinski definition) is 4. The fourth-order valence-electron chi connectivity index (χ4n) is 2.51. The van der Waals surface area contributed by atoms with Crippen LogP contribution in [-0.4, -0.2) is 28.9 Å². The minimum Gasteiger partial charge on any atom is -0.326 e. The smallest absolute Gasteiger partial charge is 0.326 e. The number of aryl methyl sites for hydroxylation is 1. The Balaban J connectivity index is 1.93. The number of rotatable bonds is 3. The first-order valence-corrected chi connectivity index (χ1v) is 7.45. The average Bonchev–Trinajstić information content (AvgIpc) is 2.81. The van der Waals surface area contributed by atoms with E-state index in [0.717, 1.165) is 10.5 Å². The van der Waals surface area contributed by atoms with E-state index in [2.05, 4.69) is 15.6 Å². The van der Waals surface area contributed by atoms with Gasteiger partial charge >= 0.3 is 6.03 Å². The van der Waals surface area contributed by atoms with Gasteiger partial charge in [0.05, 0.1) is 11.4 Å². The Kier molecular flexibility index (Phi) is 3.99. The molecule has 7 nitrogen and oxygen atoms in total. The molecule has 24 heavy (non-hydrogen) atoms. The van der Waals surface area contributed by atoms with Gasteiger partial charge in [0.25, 0.3) is 11.8 Å². The molecule has 0 spiro atoms. The van der Waals surface area contributed by atoms with Crippen molar-refractivity contribution in [1.82, 2.24) is 10.3 Å². The van der Waals surface area contributed by atoms with Gasteiger partial charge in [0.2, 0.25) is 0 Å². The predicted molar refractivity (Wildman–Crippen MR) is 88.8 cm³/mol. The molecule has 2 N–H and O–H groups in total. The molecule has 0 aliphatic carbocycles. The number of urea groups is 1. The maximum absolute atomic E-state index is 12.5. The zero-order valence-electron chi connectivity index (χ0n) is 13.2. The Morgan fingerprint density at radius 2 is 1.96 bits per heavy atom. The quantitative estimate of drug-likeness (QED) is 0.846. The van der Waals surface area contributed by atoms with Crippen LogP contribution >= 0.6 is 0 Å².